The molecule has 0 atom stereocenters. The highest BCUT2D eigenvalue weighted by atomic mass is 35.5. The Morgan fingerprint density at radius 1 is 0.731 bits per heavy atom. The van der Waals surface area contributed by atoms with Crippen molar-refractivity contribution in [1.82, 2.24) is 0 Å². The number of hydrogen-bond acceptors (Lipinski definition) is 4. The van der Waals surface area contributed by atoms with Crippen LogP contribution < -0.4 is 5.32 Å². The van der Waals surface area contributed by atoms with Gasteiger partial charge in [0, 0.05) is 21.8 Å². The summed E-state index contributed by atoms with van der Waals surface area (Å²) in [6, 6.07) is 22.8. The molecule has 0 aliphatic carbocycles. The molecular weight excluding hydrogens is 350 g/mol. The molecule has 0 spiro atoms. The van der Waals surface area contributed by atoms with Crippen LogP contribution in [0.25, 0.3) is 0 Å². The third-order valence-corrected chi connectivity index (χ3v) is 4.15. The zero-order chi connectivity index (χ0) is 18.6. The summed E-state index contributed by atoms with van der Waals surface area (Å²) in [6.45, 7) is 0. The predicted octanol–water partition coefficient (Wildman–Crippen LogP) is 4.21. The first kappa shape index (κ1) is 17.9. The molecule has 0 fully saturated rings. The Labute approximate surface area is 156 Å². The molecule has 0 aromatic heterocycles. The first-order chi connectivity index (χ1) is 12.5. The molecule has 130 valence electrons. The van der Waals surface area contributed by atoms with Gasteiger partial charge in [0.25, 0.3) is 5.72 Å². The van der Waals surface area contributed by atoms with Crippen molar-refractivity contribution in [3.05, 3.63) is 101 Å². The Morgan fingerprint density at radius 2 is 1.15 bits per heavy atom. The van der Waals surface area contributed by atoms with Gasteiger partial charge in [-0.3, -0.25) is 9.59 Å². The van der Waals surface area contributed by atoms with E-state index >= 15 is 0 Å². The van der Waals surface area contributed by atoms with E-state index in [-0.39, 0.29) is 11.1 Å². The molecule has 0 saturated heterocycles. The topological polar surface area (TPSA) is 66.4 Å². The largest absolute Gasteiger partial charge is 0.358 e. The summed E-state index contributed by atoms with van der Waals surface area (Å²) in [7, 11) is 0. The molecule has 26 heavy (non-hydrogen) atoms. The fraction of sp³-hybridized carbons (Fsp3) is 0.0476. The number of carbonyl (C=O) groups excluding carboxylic acids is 2. The standard InChI is InChI=1S/C21H16ClNO3/c22-17-11-13-18(14-12-17)23-21(26,19(24)15-7-3-1-4-8-15)20(25)16-9-5-2-6-10-16/h1-14,23,26H. The van der Waals surface area contributed by atoms with E-state index in [0.29, 0.717) is 10.7 Å². The van der Waals surface area contributed by atoms with Crippen LogP contribution in [0.5, 0.6) is 0 Å². The first-order valence-electron chi connectivity index (χ1n) is 7.96. The average Bonchev–Trinajstić information content (AvgIpc) is 2.70. The van der Waals surface area contributed by atoms with Crippen LogP contribution in [0.2, 0.25) is 5.02 Å². The summed E-state index contributed by atoms with van der Waals surface area (Å²) in [5.41, 5.74) is -1.61. The molecule has 0 heterocycles. The number of rotatable bonds is 6. The zero-order valence-corrected chi connectivity index (χ0v) is 14.5. The molecule has 5 heteroatoms. The van der Waals surface area contributed by atoms with Gasteiger partial charge >= 0.3 is 0 Å². The van der Waals surface area contributed by atoms with Gasteiger partial charge in [0.2, 0.25) is 11.6 Å². The summed E-state index contributed by atoms with van der Waals surface area (Å²) < 4.78 is 0. The van der Waals surface area contributed by atoms with Crippen molar-refractivity contribution in [3.63, 3.8) is 0 Å². The van der Waals surface area contributed by atoms with Gasteiger partial charge in [0.1, 0.15) is 0 Å². The van der Waals surface area contributed by atoms with Gasteiger partial charge in [-0.2, -0.15) is 0 Å². The summed E-state index contributed by atoms with van der Waals surface area (Å²) in [4.78, 5) is 26.0. The number of halogens is 1. The molecule has 3 aromatic rings. The maximum atomic E-state index is 13.0. The van der Waals surface area contributed by atoms with Crippen LogP contribution in [0, 0.1) is 0 Å². The zero-order valence-electron chi connectivity index (χ0n) is 13.7. The molecule has 3 rings (SSSR count). The van der Waals surface area contributed by atoms with E-state index in [9.17, 15) is 14.7 Å². The van der Waals surface area contributed by atoms with Gasteiger partial charge in [-0.1, -0.05) is 72.3 Å². The Hall–Kier alpha value is -2.95. The highest BCUT2D eigenvalue weighted by Crippen LogP contribution is 2.24. The van der Waals surface area contributed by atoms with Crippen LogP contribution in [0.3, 0.4) is 0 Å². The van der Waals surface area contributed by atoms with Crippen LogP contribution >= 0.6 is 11.6 Å². The Kier molecular flexibility index (Phi) is 5.16. The molecule has 0 unspecified atom stereocenters. The summed E-state index contributed by atoms with van der Waals surface area (Å²) in [6.07, 6.45) is 0. The van der Waals surface area contributed by atoms with Gasteiger partial charge in [0.15, 0.2) is 0 Å². The Balaban J connectivity index is 2.04. The van der Waals surface area contributed by atoms with Crippen molar-refractivity contribution in [2.45, 2.75) is 5.72 Å². The van der Waals surface area contributed by atoms with Crippen LogP contribution in [0.1, 0.15) is 20.7 Å². The fourth-order valence-corrected chi connectivity index (χ4v) is 2.68. The van der Waals surface area contributed by atoms with E-state index in [4.69, 9.17) is 11.6 Å². The lowest BCUT2D eigenvalue weighted by Crippen LogP contribution is -2.53. The minimum atomic E-state index is -2.45. The van der Waals surface area contributed by atoms with Gasteiger partial charge in [-0.25, -0.2) is 0 Å². The maximum Gasteiger partial charge on any atom is 0.266 e. The number of carbonyl (C=O) groups is 2. The number of hydrogen-bond donors (Lipinski definition) is 2. The third kappa shape index (κ3) is 3.67. The molecule has 3 aromatic carbocycles. The lowest BCUT2D eigenvalue weighted by molar-refractivity contribution is 0.0388. The molecule has 0 aliphatic heterocycles. The number of ketones is 2. The van der Waals surface area contributed by atoms with E-state index in [1.54, 1.807) is 84.9 Å². The van der Waals surface area contributed by atoms with E-state index in [2.05, 4.69) is 5.32 Å². The van der Waals surface area contributed by atoms with Crippen molar-refractivity contribution in [3.8, 4) is 0 Å². The molecule has 2 N–H and O–H groups in total. The second-order valence-corrected chi connectivity index (χ2v) is 6.17. The van der Waals surface area contributed by atoms with E-state index in [1.165, 1.54) is 0 Å². The second kappa shape index (κ2) is 7.52. The molecule has 0 aliphatic rings. The lowest BCUT2D eigenvalue weighted by Gasteiger charge is -2.27. The van der Waals surface area contributed by atoms with Crippen molar-refractivity contribution in [2.24, 2.45) is 0 Å². The quantitative estimate of drug-likeness (QED) is 0.390. The normalized spacial score (nSPS) is 11.0. The molecule has 0 bridgehead atoms. The van der Waals surface area contributed by atoms with Gasteiger partial charge < -0.3 is 10.4 Å². The number of nitrogens with one attached hydrogen (secondary N) is 1. The smallest absolute Gasteiger partial charge is 0.266 e. The lowest BCUT2D eigenvalue weighted by atomic mass is 9.92. The summed E-state index contributed by atoms with van der Waals surface area (Å²) >= 11 is 5.88. The van der Waals surface area contributed by atoms with Crippen molar-refractivity contribution in [2.75, 3.05) is 5.32 Å². The third-order valence-electron chi connectivity index (χ3n) is 3.90. The first-order valence-corrected chi connectivity index (χ1v) is 8.34. The van der Waals surface area contributed by atoms with E-state index < -0.39 is 17.3 Å². The van der Waals surface area contributed by atoms with Crippen LogP contribution in [0.4, 0.5) is 5.69 Å². The van der Waals surface area contributed by atoms with Crippen molar-refractivity contribution in [1.29, 1.82) is 0 Å². The molecular formula is C21H16ClNO3. The highest BCUT2D eigenvalue weighted by Gasteiger charge is 2.44. The second-order valence-electron chi connectivity index (χ2n) is 5.73. The molecule has 0 radical (unpaired) electrons. The SMILES string of the molecule is O=C(c1ccccc1)C(O)(Nc1ccc(Cl)cc1)C(=O)c1ccccc1. The Morgan fingerprint density at radius 3 is 1.58 bits per heavy atom. The van der Waals surface area contributed by atoms with Crippen LogP contribution in [-0.4, -0.2) is 22.4 Å². The Bertz CT molecular complexity index is 858. The summed E-state index contributed by atoms with van der Waals surface area (Å²) in [5, 5.41) is 14.3. The number of aliphatic hydroxyl groups is 1. The van der Waals surface area contributed by atoms with Gasteiger partial charge in [-0.15, -0.1) is 0 Å². The van der Waals surface area contributed by atoms with Crippen LogP contribution in [-0.2, 0) is 0 Å². The van der Waals surface area contributed by atoms with Crippen molar-refractivity contribution < 1.29 is 14.7 Å². The molecule has 4 nitrogen and oxygen atoms in total. The minimum absolute atomic E-state index is 0.223. The average molecular weight is 366 g/mol. The maximum absolute atomic E-state index is 13.0. The van der Waals surface area contributed by atoms with Crippen LogP contribution in [0.15, 0.2) is 84.9 Å². The highest BCUT2D eigenvalue weighted by molar-refractivity contribution is 6.30. The van der Waals surface area contributed by atoms with E-state index in [0.717, 1.165) is 0 Å². The number of Topliss-reactive ketones (excluding diaryl/α,β-unsaturated/α-hetero) is 2. The monoisotopic (exact) mass is 365 g/mol. The minimum Gasteiger partial charge on any atom is -0.358 e. The van der Waals surface area contributed by atoms with E-state index in [1.807, 2.05) is 0 Å². The predicted molar refractivity (Wildman–Crippen MR) is 102 cm³/mol. The number of benzene rings is 3. The number of anilines is 1. The van der Waals surface area contributed by atoms with Crippen molar-refractivity contribution >= 4 is 28.9 Å². The fourth-order valence-electron chi connectivity index (χ4n) is 2.56. The molecule has 0 saturated carbocycles. The molecule has 0 amide bonds. The summed E-state index contributed by atoms with van der Waals surface area (Å²) in [5.74, 6) is -1.47. The van der Waals surface area contributed by atoms with Gasteiger partial charge in [-0.05, 0) is 24.3 Å². The van der Waals surface area contributed by atoms with Gasteiger partial charge in [0.05, 0.1) is 0 Å².